The van der Waals surface area contributed by atoms with E-state index >= 15 is 0 Å². The van der Waals surface area contributed by atoms with Gasteiger partial charge in [0.1, 0.15) is 12.1 Å². The molecular formula is C30H54N4O8. The summed E-state index contributed by atoms with van der Waals surface area (Å²) in [4.78, 5) is 69.9. The molecule has 6 N–H and O–H groups in total. The van der Waals surface area contributed by atoms with E-state index in [-0.39, 0.29) is 49.3 Å². The standard InChI is InChI=1S/C30H54N4O8/c1-21(2)27(33-23(35)15-17-25(37)38)29(41)31-19-13-11-9-7-5-6-8-10-12-14-20-32-30(42)28(22(3)4)34-24(36)16-18-26(39)40/h21-22,27-28H,5-20H2,1-4H3,(H,31,41)(H,32,42)(H,33,35)(H,34,36)(H,37,38)(H,39,40)/t27-,28-/m0/s1. The van der Waals surface area contributed by atoms with Gasteiger partial charge < -0.3 is 31.5 Å². The number of rotatable bonds is 25. The molecule has 0 aromatic rings. The number of carboxylic acids is 2. The first kappa shape index (κ1) is 38.8. The average Bonchev–Trinajstić information content (AvgIpc) is 2.91. The molecule has 12 nitrogen and oxygen atoms in total. The quantitative estimate of drug-likeness (QED) is 0.0863. The highest BCUT2D eigenvalue weighted by Crippen LogP contribution is 2.11. The first-order valence-corrected chi connectivity index (χ1v) is 15.4. The van der Waals surface area contributed by atoms with Crippen molar-refractivity contribution < 1.29 is 39.0 Å². The molecule has 12 heteroatoms. The lowest BCUT2D eigenvalue weighted by atomic mass is 10.0. The Balaban J connectivity index is 3.85. The van der Waals surface area contributed by atoms with Gasteiger partial charge in [0.15, 0.2) is 0 Å². The maximum absolute atomic E-state index is 12.4. The number of aliphatic carboxylic acids is 2. The zero-order valence-corrected chi connectivity index (χ0v) is 26.0. The van der Waals surface area contributed by atoms with Crippen LogP contribution in [0.3, 0.4) is 0 Å². The molecule has 0 radical (unpaired) electrons. The van der Waals surface area contributed by atoms with Gasteiger partial charge >= 0.3 is 11.9 Å². The van der Waals surface area contributed by atoms with Crippen molar-refractivity contribution in [1.82, 2.24) is 21.3 Å². The van der Waals surface area contributed by atoms with Crippen LogP contribution in [0.4, 0.5) is 0 Å². The van der Waals surface area contributed by atoms with Gasteiger partial charge in [0.05, 0.1) is 12.8 Å². The molecule has 242 valence electrons. The number of nitrogens with one attached hydrogen (secondary N) is 4. The first-order valence-electron chi connectivity index (χ1n) is 15.4. The number of amides is 4. The van der Waals surface area contributed by atoms with Crippen molar-refractivity contribution in [3.8, 4) is 0 Å². The Hall–Kier alpha value is -3.18. The van der Waals surface area contributed by atoms with Crippen LogP contribution in [0.1, 0.15) is 118 Å². The summed E-state index contributed by atoms with van der Waals surface area (Å²) >= 11 is 0. The van der Waals surface area contributed by atoms with E-state index in [1.807, 2.05) is 27.7 Å². The average molecular weight is 599 g/mol. The molecule has 0 aromatic carbocycles. The van der Waals surface area contributed by atoms with Crippen LogP contribution in [-0.2, 0) is 28.8 Å². The predicted molar refractivity (Wildman–Crippen MR) is 159 cm³/mol. The molecule has 0 rings (SSSR count). The number of carboxylic acid groups (broad SMARTS) is 2. The lowest BCUT2D eigenvalue weighted by Gasteiger charge is -2.21. The minimum Gasteiger partial charge on any atom is -0.481 e. The second-order valence-electron chi connectivity index (χ2n) is 11.5. The molecule has 0 saturated carbocycles. The summed E-state index contributed by atoms with van der Waals surface area (Å²) in [5.74, 6) is -3.67. The normalized spacial score (nSPS) is 12.4. The van der Waals surface area contributed by atoms with Crippen molar-refractivity contribution in [1.29, 1.82) is 0 Å². The Bertz CT molecular complexity index is 779. The van der Waals surface area contributed by atoms with Crippen molar-refractivity contribution in [2.24, 2.45) is 11.8 Å². The lowest BCUT2D eigenvalue weighted by molar-refractivity contribution is -0.139. The fourth-order valence-electron chi connectivity index (χ4n) is 4.31. The van der Waals surface area contributed by atoms with Crippen molar-refractivity contribution >= 4 is 35.6 Å². The highest BCUT2D eigenvalue weighted by molar-refractivity contribution is 5.89. The van der Waals surface area contributed by atoms with Gasteiger partial charge in [0.25, 0.3) is 0 Å². The van der Waals surface area contributed by atoms with E-state index in [1.165, 1.54) is 0 Å². The molecule has 0 saturated heterocycles. The van der Waals surface area contributed by atoms with Crippen molar-refractivity contribution in [3.63, 3.8) is 0 Å². The molecule has 0 bridgehead atoms. The second-order valence-corrected chi connectivity index (χ2v) is 11.5. The van der Waals surface area contributed by atoms with Gasteiger partial charge in [0, 0.05) is 25.9 Å². The molecule has 0 aliphatic rings. The molecular weight excluding hydrogens is 544 g/mol. The number of carbonyl (C=O) groups excluding carboxylic acids is 4. The molecule has 0 heterocycles. The third kappa shape index (κ3) is 20.7. The summed E-state index contributed by atoms with van der Waals surface area (Å²) in [5, 5.41) is 28.4. The highest BCUT2D eigenvalue weighted by Gasteiger charge is 2.25. The van der Waals surface area contributed by atoms with E-state index in [4.69, 9.17) is 10.2 Å². The van der Waals surface area contributed by atoms with E-state index in [2.05, 4.69) is 21.3 Å². The molecule has 4 amide bonds. The van der Waals surface area contributed by atoms with Crippen molar-refractivity contribution in [2.75, 3.05) is 13.1 Å². The number of hydrogen-bond donors (Lipinski definition) is 6. The van der Waals surface area contributed by atoms with Gasteiger partial charge in [-0.15, -0.1) is 0 Å². The van der Waals surface area contributed by atoms with Crippen LogP contribution >= 0.6 is 0 Å². The molecule has 0 fully saturated rings. The molecule has 0 unspecified atom stereocenters. The second kappa shape index (κ2) is 23.4. The Morgan fingerprint density at radius 1 is 0.476 bits per heavy atom. The molecule has 0 aliphatic heterocycles. The minimum absolute atomic E-state index is 0.105. The van der Waals surface area contributed by atoms with Gasteiger partial charge in [0.2, 0.25) is 23.6 Å². The van der Waals surface area contributed by atoms with Crippen LogP contribution in [0.15, 0.2) is 0 Å². The zero-order valence-electron chi connectivity index (χ0n) is 26.0. The zero-order chi connectivity index (χ0) is 31.9. The van der Waals surface area contributed by atoms with E-state index in [1.54, 1.807) is 0 Å². The van der Waals surface area contributed by atoms with Crippen LogP contribution in [-0.4, -0.2) is 71.0 Å². The van der Waals surface area contributed by atoms with Gasteiger partial charge in [-0.2, -0.15) is 0 Å². The molecule has 0 aromatic heterocycles. The first-order chi connectivity index (χ1) is 19.8. The monoisotopic (exact) mass is 598 g/mol. The maximum atomic E-state index is 12.4. The van der Waals surface area contributed by atoms with Crippen LogP contribution in [0.25, 0.3) is 0 Å². The Morgan fingerprint density at radius 3 is 1.02 bits per heavy atom. The number of carbonyl (C=O) groups is 6. The smallest absolute Gasteiger partial charge is 0.303 e. The largest absolute Gasteiger partial charge is 0.481 e. The molecule has 2 atom stereocenters. The number of unbranched alkanes of at least 4 members (excludes halogenated alkanes) is 9. The third-order valence-electron chi connectivity index (χ3n) is 6.87. The van der Waals surface area contributed by atoms with Crippen molar-refractivity contribution in [3.05, 3.63) is 0 Å². The Kier molecular flexibility index (Phi) is 21.6. The van der Waals surface area contributed by atoms with Gasteiger partial charge in [-0.25, -0.2) is 0 Å². The van der Waals surface area contributed by atoms with Crippen LogP contribution in [0.2, 0.25) is 0 Å². The SMILES string of the molecule is CC(C)[C@H](NC(=O)CCC(=O)O)C(=O)NCCCCCCCCCCCCNC(=O)[C@@H](NC(=O)CCC(=O)O)C(C)C. The van der Waals surface area contributed by atoms with Crippen LogP contribution in [0.5, 0.6) is 0 Å². The topological polar surface area (TPSA) is 191 Å². The lowest BCUT2D eigenvalue weighted by Crippen LogP contribution is -2.49. The summed E-state index contributed by atoms with van der Waals surface area (Å²) in [7, 11) is 0. The summed E-state index contributed by atoms with van der Waals surface area (Å²) in [6, 6.07) is -1.35. The van der Waals surface area contributed by atoms with E-state index in [9.17, 15) is 28.8 Å². The summed E-state index contributed by atoms with van der Waals surface area (Å²) in [5.41, 5.74) is 0. The van der Waals surface area contributed by atoms with E-state index < -0.39 is 35.8 Å². The number of hydrogen-bond acceptors (Lipinski definition) is 6. The summed E-state index contributed by atoms with van der Waals surface area (Å²) in [6.07, 6.45) is 9.66. The predicted octanol–water partition coefficient (Wildman–Crippen LogP) is 3.13. The Morgan fingerprint density at radius 2 is 0.762 bits per heavy atom. The maximum Gasteiger partial charge on any atom is 0.303 e. The molecule has 0 aliphatic carbocycles. The van der Waals surface area contributed by atoms with Gasteiger partial charge in [-0.05, 0) is 24.7 Å². The fraction of sp³-hybridized carbons (Fsp3) is 0.800. The molecule has 42 heavy (non-hydrogen) atoms. The third-order valence-corrected chi connectivity index (χ3v) is 6.87. The minimum atomic E-state index is -1.05. The van der Waals surface area contributed by atoms with Crippen molar-refractivity contribution in [2.45, 2.75) is 130 Å². The van der Waals surface area contributed by atoms with E-state index in [0.29, 0.717) is 13.1 Å². The Labute approximate surface area is 250 Å². The van der Waals surface area contributed by atoms with Crippen LogP contribution in [0, 0.1) is 11.8 Å². The highest BCUT2D eigenvalue weighted by atomic mass is 16.4. The van der Waals surface area contributed by atoms with E-state index in [0.717, 1.165) is 64.2 Å². The fourth-order valence-corrected chi connectivity index (χ4v) is 4.31. The molecule has 0 spiro atoms. The van der Waals surface area contributed by atoms with Crippen LogP contribution < -0.4 is 21.3 Å². The summed E-state index contributed by atoms with van der Waals surface area (Å²) in [6.45, 7) is 8.42. The van der Waals surface area contributed by atoms with Gasteiger partial charge in [-0.1, -0.05) is 79.1 Å². The van der Waals surface area contributed by atoms with Gasteiger partial charge in [-0.3, -0.25) is 28.8 Å². The summed E-state index contributed by atoms with van der Waals surface area (Å²) < 4.78 is 0.